The molecule has 8 heteroatoms. The highest BCUT2D eigenvalue weighted by Gasteiger charge is 2.30. The van der Waals surface area contributed by atoms with Crippen LogP contribution in [0.2, 0.25) is 0 Å². The van der Waals surface area contributed by atoms with Crippen LogP contribution in [-0.4, -0.2) is 9.85 Å². The van der Waals surface area contributed by atoms with Crippen LogP contribution in [0.1, 0.15) is 26.3 Å². The monoisotopic (exact) mass is 393 g/mol. The van der Waals surface area contributed by atoms with Crippen molar-refractivity contribution in [1.29, 1.82) is 0 Å². The zero-order valence-corrected chi connectivity index (χ0v) is 15.0. The highest BCUT2D eigenvalue weighted by atomic mass is 79.9. The number of hydrogen-bond acceptors (Lipinski definition) is 5. The number of anilines is 2. The van der Waals surface area contributed by atoms with Crippen LogP contribution in [0.25, 0.3) is 0 Å². The number of nitro groups is 2. The Labute approximate surface area is 147 Å². The minimum atomic E-state index is -0.609. The van der Waals surface area contributed by atoms with Gasteiger partial charge in [0.15, 0.2) is 5.69 Å². The van der Waals surface area contributed by atoms with Crippen molar-refractivity contribution in [3.63, 3.8) is 0 Å². The minimum Gasteiger partial charge on any atom is -0.344 e. The Morgan fingerprint density at radius 3 is 1.96 bits per heavy atom. The van der Waals surface area contributed by atoms with Gasteiger partial charge in [-0.25, -0.2) is 0 Å². The Bertz CT molecular complexity index is 780. The second kappa shape index (κ2) is 6.56. The summed E-state index contributed by atoms with van der Waals surface area (Å²) < 4.78 is 0.754. The Kier molecular flexibility index (Phi) is 4.88. The summed E-state index contributed by atoms with van der Waals surface area (Å²) in [5, 5.41) is 25.7. The van der Waals surface area contributed by atoms with Gasteiger partial charge in [0.05, 0.1) is 9.85 Å². The Morgan fingerprint density at radius 1 is 1.00 bits per heavy atom. The molecule has 0 bridgehead atoms. The van der Waals surface area contributed by atoms with Gasteiger partial charge >= 0.3 is 0 Å². The molecule has 0 aromatic heterocycles. The summed E-state index contributed by atoms with van der Waals surface area (Å²) in [5.41, 5.74) is -0.192. The maximum atomic E-state index is 11.5. The molecule has 0 aliphatic rings. The zero-order valence-electron chi connectivity index (χ0n) is 13.4. The quantitative estimate of drug-likeness (QED) is 0.560. The third kappa shape index (κ3) is 3.88. The molecule has 0 amide bonds. The molecule has 0 atom stereocenters. The van der Waals surface area contributed by atoms with Crippen LogP contribution >= 0.6 is 15.9 Å². The van der Waals surface area contributed by atoms with Crippen LogP contribution in [0.15, 0.2) is 40.9 Å². The molecule has 1 N–H and O–H groups in total. The molecule has 0 radical (unpaired) electrons. The minimum absolute atomic E-state index is 0.129. The number of nitro benzene ring substituents is 2. The molecule has 0 saturated carbocycles. The van der Waals surface area contributed by atoms with Crippen molar-refractivity contribution in [1.82, 2.24) is 0 Å². The number of halogens is 1. The Morgan fingerprint density at radius 2 is 1.54 bits per heavy atom. The molecule has 126 valence electrons. The second-order valence-electron chi connectivity index (χ2n) is 6.29. The smallest absolute Gasteiger partial charge is 0.300 e. The molecular formula is C16H16BrN3O4. The molecule has 2 aromatic rings. The lowest BCUT2D eigenvalue weighted by atomic mass is 9.86. The maximum Gasteiger partial charge on any atom is 0.300 e. The van der Waals surface area contributed by atoms with Crippen molar-refractivity contribution >= 4 is 38.7 Å². The van der Waals surface area contributed by atoms with E-state index in [-0.39, 0.29) is 17.1 Å². The van der Waals surface area contributed by atoms with Crippen molar-refractivity contribution in [3.8, 4) is 0 Å². The van der Waals surface area contributed by atoms with Gasteiger partial charge in [-0.3, -0.25) is 20.2 Å². The van der Waals surface area contributed by atoms with Crippen LogP contribution in [0.5, 0.6) is 0 Å². The molecule has 2 aromatic carbocycles. The van der Waals surface area contributed by atoms with Gasteiger partial charge in [-0.05, 0) is 29.2 Å². The number of nitrogens with zero attached hydrogens (tertiary/aromatic N) is 2. The van der Waals surface area contributed by atoms with Crippen LogP contribution < -0.4 is 5.32 Å². The van der Waals surface area contributed by atoms with Crippen molar-refractivity contribution in [2.45, 2.75) is 26.2 Å². The van der Waals surface area contributed by atoms with Crippen molar-refractivity contribution < 1.29 is 9.85 Å². The molecular weight excluding hydrogens is 378 g/mol. The van der Waals surface area contributed by atoms with Crippen molar-refractivity contribution in [2.24, 2.45) is 0 Å². The third-order valence-electron chi connectivity index (χ3n) is 3.45. The summed E-state index contributed by atoms with van der Waals surface area (Å²) in [7, 11) is 0. The van der Waals surface area contributed by atoms with Crippen LogP contribution in [0, 0.1) is 20.2 Å². The van der Waals surface area contributed by atoms with Gasteiger partial charge in [0.1, 0.15) is 0 Å². The molecule has 0 unspecified atom stereocenters. The van der Waals surface area contributed by atoms with E-state index in [2.05, 4.69) is 21.2 Å². The van der Waals surface area contributed by atoms with Crippen LogP contribution in [0.3, 0.4) is 0 Å². The summed E-state index contributed by atoms with van der Waals surface area (Å²) in [6.45, 7) is 5.53. The summed E-state index contributed by atoms with van der Waals surface area (Å²) in [6, 6.07) is 9.64. The summed E-state index contributed by atoms with van der Waals surface area (Å²) in [5.74, 6) is 0. The molecule has 0 aliphatic carbocycles. The number of hydrogen-bond donors (Lipinski definition) is 1. The average Bonchev–Trinajstić information content (AvgIpc) is 2.45. The fraction of sp³-hybridized carbons (Fsp3) is 0.250. The van der Waals surface area contributed by atoms with Gasteiger partial charge in [-0.2, -0.15) is 0 Å². The van der Waals surface area contributed by atoms with Crippen molar-refractivity contribution in [2.75, 3.05) is 5.32 Å². The molecule has 24 heavy (non-hydrogen) atoms. The van der Waals surface area contributed by atoms with E-state index in [1.54, 1.807) is 24.3 Å². The lowest BCUT2D eigenvalue weighted by Gasteiger charge is -2.19. The largest absolute Gasteiger partial charge is 0.344 e. The van der Waals surface area contributed by atoms with Gasteiger partial charge in [0, 0.05) is 22.3 Å². The lowest BCUT2D eigenvalue weighted by Crippen LogP contribution is -2.13. The molecule has 0 saturated heterocycles. The number of rotatable bonds is 4. The van der Waals surface area contributed by atoms with E-state index in [4.69, 9.17) is 0 Å². The highest BCUT2D eigenvalue weighted by Crippen LogP contribution is 2.40. The van der Waals surface area contributed by atoms with E-state index in [1.807, 2.05) is 20.8 Å². The first-order valence-electron chi connectivity index (χ1n) is 7.09. The maximum absolute atomic E-state index is 11.5. The highest BCUT2D eigenvalue weighted by molar-refractivity contribution is 9.10. The van der Waals surface area contributed by atoms with Gasteiger partial charge in [0.25, 0.3) is 11.4 Å². The Balaban J connectivity index is 2.68. The third-order valence-corrected chi connectivity index (χ3v) is 3.94. The SMILES string of the molecule is CC(C)(C)c1cc([N+](=O)[O-])c(Nc2cccc(Br)c2)c([N+](=O)[O-])c1. The summed E-state index contributed by atoms with van der Waals surface area (Å²) in [4.78, 5) is 21.7. The number of nitrogens with one attached hydrogen (secondary N) is 1. The molecule has 0 aliphatic heterocycles. The average molecular weight is 394 g/mol. The van der Waals surface area contributed by atoms with E-state index in [1.165, 1.54) is 12.1 Å². The van der Waals surface area contributed by atoms with E-state index >= 15 is 0 Å². The molecule has 0 heterocycles. The predicted molar refractivity (Wildman–Crippen MR) is 95.9 cm³/mol. The molecule has 0 fully saturated rings. The van der Waals surface area contributed by atoms with Gasteiger partial charge in [-0.15, -0.1) is 0 Å². The first kappa shape index (κ1) is 17.9. The van der Waals surface area contributed by atoms with Gasteiger partial charge < -0.3 is 5.32 Å². The zero-order chi connectivity index (χ0) is 18.1. The molecule has 0 spiro atoms. The fourth-order valence-corrected chi connectivity index (χ4v) is 2.57. The predicted octanol–water partition coefficient (Wildman–Crippen LogP) is 5.31. The molecule has 2 rings (SSSR count). The normalized spacial score (nSPS) is 11.2. The molecule has 7 nitrogen and oxygen atoms in total. The van der Waals surface area contributed by atoms with E-state index in [9.17, 15) is 20.2 Å². The van der Waals surface area contributed by atoms with Gasteiger partial charge in [0.2, 0.25) is 0 Å². The number of benzene rings is 2. The first-order valence-corrected chi connectivity index (χ1v) is 7.89. The van der Waals surface area contributed by atoms with E-state index in [0.717, 1.165) is 4.47 Å². The second-order valence-corrected chi connectivity index (χ2v) is 7.20. The Hall–Kier alpha value is -2.48. The first-order chi connectivity index (χ1) is 11.1. The van der Waals surface area contributed by atoms with E-state index < -0.39 is 15.3 Å². The van der Waals surface area contributed by atoms with Crippen LogP contribution in [0.4, 0.5) is 22.7 Å². The van der Waals surface area contributed by atoms with Gasteiger partial charge in [-0.1, -0.05) is 42.8 Å². The fourth-order valence-electron chi connectivity index (χ4n) is 2.17. The summed E-state index contributed by atoms with van der Waals surface area (Å²) in [6.07, 6.45) is 0. The van der Waals surface area contributed by atoms with Crippen molar-refractivity contribution in [3.05, 3.63) is 66.7 Å². The topological polar surface area (TPSA) is 98.3 Å². The van der Waals surface area contributed by atoms with Crippen LogP contribution in [-0.2, 0) is 5.41 Å². The standard InChI is InChI=1S/C16H16BrN3O4/c1-16(2,3)10-7-13(19(21)22)15(14(8-10)20(23)24)18-12-6-4-5-11(17)9-12/h4-9,18H,1-3H3. The lowest BCUT2D eigenvalue weighted by molar-refractivity contribution is -0.392. The van der Waals surface area contributed by atoms with E-state index in [0.29, 0.717) is 11.3 Å². The summed E-state index contributed by atoms with van der Waals surface area (Å²) >= 11 is 3.30.